The van der Waals surface area contributed by atoms with E-state index in [1.54, 1.807) is 0 Å². The number of nitrogens with zero attached hydrogens (tertiary/aromatic N) is 2. The van der Waals surface area contributed by atoms with Gasteiger partial charge in [0.15, 0.2) is 0 Å². The number of hydrogen-bond donors (Lipinski definition) is 1. The Morgan fingerprint density at radius 2 is 2.24 bits per heavy atom. The second-order valence-corrected chi connectivity index (χ2v) is 5.20. The molecule has 0 radical (unpaired) electrons. The van der Waals surface area contributed by atoms with Crippen molar-refractivity contribution in [3.05, 3.63) is 23.4 Å². The molecule has 0 aromatic carbocycles. The van der Waals surface area contributed by atoms with Gasteiger partial charge >= 0.3 is 0 Å². The molecule has 1 fully saturated rings. The first-order valence-corrected chi connectivity index (χ1v) is 6.78. The molecule has 1 atom stereocenters. The monoisotopic (exact) mass is 231 g/mol. The molecule has 0 spiro atoms. The maximum Gasteiger partial charge on any atom is 0.128 e. The molecule has 1 aliphatic carbocycles. The van der Waals surface area contributed by atoms with Crippen LogP contribution in [0.2, 0.25) is 0 Å². The first-order valence-electron chi connectivity index (χ1n) is 6.78. The highest BCUT2D eigenvalue weighted by molar-refractivity contribution is 5.43. The van der Waals surface area contributed by atoms with Crippen LogP contribution in [-0.4, -0.2) is 31.2 Å². The summed E-state index contributed by atoms with van der Waals surface area (Å²) in [4.78, 5) is 7.28. The van der Waals surface area contributed by atoms with Gasteiger partial charge in [-0.3, -0.25) is 0 Å². The first kappa shape index (κ1) is 11.0. The molecule has 0 amide bonds. The van der Waals surface area contributed by atoms with Crippen LogP contribution in [0.3, 0.4) is 0 Å². The van der Waals surface area contributed by atoms with Gasteiger partial charge in [0.2, 0.25) is 0 Å². The number of aryl methyl sites for hydroxylation is 2. The molecule has 2 heterocycles. The molecule has 3 heteroatoms. The van der Waals surface area contributed by atoms with Gasteiger partial charge in [0.25, 0.3) is 0 Å². The zero-order chi connectivity index (χ0) is 11.7. The van der Waals surface area contributed by atoms with E-state index in [1.807, 2.05) is 0 Å². The Morgan fingerprint density at radius 3 is 3.12 bits per heavy atom. The van der Waals surface area contributed by atoms with Crippen molar-refractivity contribution >= 4 is 5.82 Å². The highest BCUT2D eigenvalue weighted by Crippen LogP contribution is 2.24. The molecule has 0 bridgehead atoms. The van der Waals surface area contributed by atoms with Crippen LogP contribution in [-0.2, 0) is 12.8 Å². The van der Waals surface area contributed by atoms with E-state index in [9.17, 15) is 0 Å². The van der Waals surface area contributed by atoms with Gasteiger partial charge in [-0.15, -0.1) is 0 Å². The minimum Gasteiger partial charge on any atom is -0.355 e. The number of fused-ring (bicyclic) bond motifs is 1. The molecule has 0 saturated carbocycles. The number of nitrogens with one attached hydrogen (secondary N) is 1. The van der Waals surface area contributed by atoms with Crippen LogP contribution in [0.5, 0.6) is 0 Å². The summed E-state index contributed by atoms with van der Waals surface area (Å²) >= 11 is 0. The Kier molecular flexibility index (Phi) is 3.02. The van der Waals surface area contributed by atoms with Crippen molar-refractivity contribution in [3.63, 3.8) is 0 Å². The number of likely N-dealkylation sites (N-methyl/N-ethyl adjacent to an activating group) is 1. The van der Waals surface area contributed by atoms with Gasteiger partial charge < -0.3 is 10.2 Å². The lowest BCUT2D eigenvalue weighted by molar-refractivity contribution is 0.447. The average Bonchev–Trinajstić information content (AvgIpc) is 2.86. The maximum absolute atomic E-state index is 4.84. The molecule has 2 aliphatic rings. The van der Waals surface area contributed by atoms with E-state index in [0.717, 1.165) is 13.1 Å². The first-order chi connectivity index (χ1) is 8.36. The van der Waals surface area contributed by atoms with E-state index < -0.39 is 0 Å². The minimum atomic E-state index is 0.624. The van der Waals surface area contributed by atoms with Crippen LogP contribution in [0.15, 0.2) is 12.1 Å². The van der Waals surface area contributed by atoms with Gasteiger partial charge in [0.05, 0.1) is 0 Å². The lowest BCUT2D eigenvalue weighted by atomic mass is 10.1. The molecule has 1 unspecified atom stereocenters. The average molecular weight is 231 g/mol. The van der Waals surface area contributed by atoms with Crippen molar-refractivity contribution in [2.75, 3.05) is 25.0 Å². The molecule has 17 heavy (non-hydrogen) atoms. The fraction of sp³-hybridized carbons (Fsp3) is 0.643. The van der Waals surface area contributed by atoms with Crippen LogP contribution in [0.25, 0.3) is 0 Å². The van der Waals surface area contributed by atoms with E-state index in [-0.39, 0.29) is 0 Å². The minimum absolute atomic E-state index is 0.624. The number of pyridine rings is 1. The van der Waals surface area contributed by atoms with E-state index in [1.165, 1.54) is 49.2 Å². The molecule has 1 N–H and O–H groups in total. The van der Waals surface area contributed by atoms with E-state index >= 15 is 0 Å². The topological polar surface area (TPSA) is 28.2 Å². The summed E-state index contributed by atoms with van der Waals surface area (Å²) < 4.78 is 0. The Morgan fingerprint density at radius 1 is 1.29 bits per heavy atom. The summed E-state index contributed by atoms with van der Waals surface area (Å²) in [7, 11) is 2.06. The van der Waals surface area contributed by atoms with Gasteiger partial charge in [-0.1, -0.05) is 6.07 Å². The number of aromatic nitrogens is 1. The Balaban J connectivity index is 1.79. The predicted molar refractivity (Wildman–Crippen MR) is 70.6 cm³/mol. The Labute approximate surface area is 103 Å². The quantitative estimate of drug-likeness (QED) is 0.840. The van der Waals surface area contributed by atoms with Crippen molar-refractivity contribution in [2.45, 2.75) is 38.1 Å². The molecule has 92 valence electrons. The molecule has 1 aliphatic heterocycles. The summed E-state index contributed by atoms with van der Waals surface area (Å²) in [5, 5.41) is 3.39. The SMILES string of the molecule is CNC1CCCN(c2ccc3c(n2)CCC3)C1. The molecular weight excluding hydrogens is 210 g/mol. The molecule has 1 aromatic heterocycles. The van der Waals surface area contributed by atoms with Crippen molar-refractivity contribution in [1.29, 1.82) is 0 Å². The van der Waals surface area contributed by atoms with Crippen LogP contribution in [0.1, 0.15) is 30.5 Å². The fourth-order valence-electron chi connectivity index (χ4n) is 3.01. The van der Waals surface area contributed by atoms with Crippen molar-refractivity contribution in [3.8, 4) is 0 Å². The second kappa shape index (κ2) is 4.65. The summed E-state index contributed by atoms with van der Waals surface area (Å²) in [6.07, 6.45) is 6.24. The van der Waals surface area contributed by atoms with Crippen molar-refractivity contribution in [2.24, 2.45) is 0 Å². The maximum atomic E-state index is 4.84. The molecule has 1 saturated heterocycles. The largest absolute Gasteiger partial charge is 0.355 e. The number of piperidine rings is 1. The molecule has 3 rings (SSSR count). The summed E-state index contributed by atoms with van der Waals surface area (Å²) in [6.45, 7) is 2.26. The number of rotatable bonds is 2. The van der Waals surface area contributed by atoms with Gasteiger partial charge in [-0.25, -0.2) is 4.98 Å². The third kappa shape index (κ3) is 2.16. The number of hydrogen-bond acceptors (Lipinski definition) is 3. The van der Waals surface area contributed by atoms with Crippen molar-refractivity contribution < 1.29 is 0 Å². The zero-order valence-electron chi connectivity index (χ0n) is 10.6. The summed E-state index contributed by atoms with van der Waals surface area (Å²) in [6, 6.07) is 5.12. The molecular formula is C14H21N3. The lowest BCUT2D eigenvalue weighted by Gasteiger charge is -2.33. The highest BCUT2D eigenvalue weighted by Gasteiger charge is 2.21. The third-order valence-corrected chi connectivity index (χ3v) is 4.07. The zero-order valence-corrected chi connectivity index (χ0v) is 10.6. The molecule has 3 nitrogen and oxygen atoms in total. The van der Waals surface area contributed by atoms with Crippen LogP contribution in [0.4, 0.5) is 5.82 Å². The van der Waals surface area contributed by atoms with Crippen LogP contribution >= 0.6 is 0 Å². The van der Waals surface area contributed by atoms with E-state index in [2.05, 4.69) is 29.4 Å². The highest BCUT2D eigenvalue weighted by atomic mass is 15.2. The van der Waals surface area contributed by atoms with E-state index in [4.69, 9.17) is 4.98 Å². The Bertz CT molecular complexity index is 402. The lowest BCUT2D eigenvalue weighted by Crippen LogP contribution is -2.44. The third-order valence-electron chi connectivity index (χ3n) is 4.07. The van der Waals surface area contributed by atoms with Gasteiger partial charge in [0.1, 0.15) is 5.82 Å². The van der Waals surface area contributed by atoms with E-state index in [0.29, 0.717) is 6.04 Å². The van der Waals surface area contributed by atoms with Crippen LogP contribution < -0.4 is 10.2 Å². The van der Waals surface area contributed by atoms with Gasteiger partial charge in [-0.05, 0) is 50.8 Å². The number of anilines is 1. The fourth-order valence-corrected chi connectivity index (χ4v) is 3.01. The normalized spacial score (nSPS) is 23.8. The van der Waals surface area contributed by atoms with Crippen LogP contribution in [0, 0.1) is 0 Å². The van der Waals surface area contributed by atoms with Gasteiger partial charge in [-0.2, -0.15) is 0 Å². The smallest absolute Gasteiger partial charge is 0.128 e. The Hall–Kier alpha value is -1.09. The van der Waals surface area contributed by atoms with Crippen molar-refractivity contribution in [1.82, 2.24) is 10.3 Å². The predicted octanol–water partition coefficient (Wildman–Crippen LogP) is 1.76. The van der Waals surface area contributed by atoms with Gasteiger partial charge in [0, 0.05) is 24.8 Å². The second-order valence-electron chi connectivity index (χ2n) is 5.20. The summed E-state index contributed by atoms with van der Waals surface area (Å²) in [5.74, 6) is 1.19. The molecule has 1 aromatic rings. The summed E-state index contributed by atoms with van der Waals surface area (Å²) in [5.41, 5.74) is 2.81. The standard InChI is InChI=1S/C14H21N3/c1-15-12-5-3-9-17(10-12)14-8-7-11-4-2-6-13(11)16-14/h7-8,12,15H,2-6,9-10H2,1H3.